The molecule has 0 radical (unpaired) electrons. The summed E-state index contributed by atoms with van der Waals surface area (Å²) in [6.07, 6.45) is 1.85. The number of hydrogen-bond donors (Lipinski definition) is 2. The van der Waals surface area contributed by atoms with Crippen LogP contribution < -0.4 is 10.8 Å². The standard InChI is InChI=1S/C12H15N3O.ClH/c1-2-4-10(5-3-1)11-14-12(16-15-11)6-8-13-9-7-12;/h1-5,13H,6-9H2,(H,14,15);1H. The number of nitrogens with one attached hydrogen (secondary N) is 2. The molecule has 5 heteroatoms. The highest BCUT2D eigenvalue weighted by atomic mass is 35.5. The van der Waals surface area contributed by atoms with Crippen molar-refractivity contribution >= 4 is 18.2 Å². The number of benzene rings is 1. The van der Waals surface area contributed by atoms with Gasteiger partial charge >= 0.3 is 0 Å². The first-order valence-electron chi connectivity index (χ1n) is 5.68. The van der Waals surface area contributed by atoms with Gasteiger partial charge in [0.05, 0.1) is 0 Å². The maximum absolute atomic E-state index is 5.65. The molecule has 1 aromatic carbocycles. The second-order valence-corrected chi connectivity index (χ2v) is 4.23. The van der Waals surface area contributed by atoms with Crippen LogP contribution >= 0.6 is 12.4 Å². The van der Waals surface area contributed by atoms with Crippen molar-refractivity contribution in [1.29, 1.82) is 0 Å². The molecule has 0 bridgehead atoms. The molecule has 1 saturated heterocycles. The molecule has 2 N–H and O–H groups in total. The van der Waals surface area contributed by atoms with Crippen molar-refractivity contribution in [3.8, 4) is 0 Å². The Hall–Kier alpha value is -1.10. The van der Waals surface area contributed by atoms with Gasteiger partial charge in [-0.2, -0.15) is 0 Å². The van der Waals surface area contributed by atoms with E-state index in [2.05, 4.69) is 10.8 Å². The van der Waals surface area contributed by atoms with Crippen LogP contribution in [0.15, 0.2) is 35.3 Å². The third-order valence-electron chi connectivity index (χ3n) is 3.09. The summed E-state index contributed by atoms with van der Waals surface area (Å²) in [6.45, 7) is 1.93. The molecule has 0 aliphatic carbocycles. The van der Waals surface area contributed by atoms with E-state index in [-0.39, 0.29) is 18.1 Å². The zero-order valence-corrected chi connectivity index (χ0v) is 10.3. The maximum Gasteiger partial charge on any atom is 0.190 e. The molecule has 2 aliphatic rings. The topological polar surface area (TPSA) is 45.7 Å². The van der Waals surface area contributed by atoms with Crippen molar-refractivity contribution in [1.82, 2.24) is 10.8 Å². The zero-order valence-electron chi connectivity index (χ0n) is 9.48. The van der Waals surface area contributed by atoms with Gasteiger partial charge in [-0.25, -0.2) is 15.3 Å². The number of rotatable bonds is 1. The molecule has 0 saturated carbocycles. The first kappa shape index (κ1) is 12.4. The molecule has 0 amide bonds. The van der Waals surface area contributed by atoms with E-state index in [1.54, 1.807) is 0 Å². The van der Waals surface area contributed by atoms with Gasteiger partial charge in [0.2, 0.25) is 0 Å². The second-order valence-electron chi connectivity index (χ2n) is 4.23. The molecule has 0 aromatic heterocycles. The molecular formula is C12H16ClN3O. The molecule has 0 unspecified atom stereocenters. The molecule has 1 fully saturated rings. The van der Waals surface area contributed by atoms with Crippen LogP contribution in [-0.4, -0.2) is 24.7 Å². The lowest BCUT2D eigenvalue weighted by molar-refractivity contribution is -0.0720. The van der Waals surface area contributed by atoms with Gasteiger partial charge in [-0.15, -0.1) is 12.4 Å². The Morgan fingerprint density at radius 1 is 1.12 bits per heavy atom. The maximum atomic E-state index is 5.65. The Balaban J connectivity index is 0.00000108. The molecule has 2 heterocycles. The fourth-order valence-corrected chi connectivity index (χ4v) is 2.14. The van der Waals surface area contributed by atoms with Crippen LogP contribution in [0.1, 0.15) is 18.4 Å². The monoisotopic (exact) mass is 253 g/mol. The van der Waals surface area contributed by atoms with E-state index >= 15 is 0 Å². The first-order valence-corrected chi connectivity index (χ1v) is 5.68. The Morgan fingerprint density at radius 3 is 2.53 bits per heavy atom. The third-order valence-corrected chi connectivity index (χ3v) is 3.09. The number of piperidine rings is 1. The minimum absolute atomic E-state index is 0. The Morgan fingerprint density at radius 2 is 1.82 bits per heavy atom. The number of amidine groups is 1. The number of hydroxylamine groups is 1. The minimum Gasteiger partial charge on any atom is -0.316 e. The predicted molar refractivity (Wildman–Crippen MR) is 69.3 cm³/mol. The number of nitrogens with zero attached hydrogens (tertiary/aromatic N) is 1. The summed E-state index contributed by atoms with van der Waals surface area (Å²) >= 11 is 0. The van der Waals surface area contributed by atoms with E-state index in [0.717, 1.165) is 37.3 Å². The third kappa shape index (κ3) is 2.44. The molecule has 3 rings (SSSR count). The van der Waals surface area contributed by atoms with E-state index in [1.807, 2.05) is 30.3 Å². The van der Waals surface area contributed by atoms with Gasteiger partial charge in [0.1, 0.15) is 0 Å². The lowest BCUT2D eigenvalue weighted by Gasteiger charge is -2.28. The average Bonchev–Trinajstić information content (AvgIpc) is 2.75. The summed E-state index contributed by atoms with van der Waals surface area (Å²) in [5.41, 5.74) is 3.70. The quantitative estimate of drug-likeness (QED) is 0.797. The van der Waals surface area contributed by atoms with Crippen LogP contribution in [0.25, 0.3) is 0 Å². The largest absolute Gasteiger partial charge is 0.316 e. The normalized spacial score (nSPS) is 21.5. The van der Waals surface area contributed by atoms with E-state index in [4.69, 9.17) is 9.83 Å². The van der Waals surface area contributed by atoms with Gasteiger partial charge in [0.15, 0.2) is 11.6 Å². The number of hydrogen-bond acceptors (Lipinski definition) is 4. The molecule has 4 nitrogen and oxygen atoms in total. The molecule has 0 atom stereocenters. The summed E-state index contributed by atoms with van der Waals surface area (Å²) in [6, 6.07) is 10.1. The van der Waals surface area contributed by atoms with E-state index in [1.165, 1.54) is 0 Å². The summed E-state index contributed by atoms with van der Waals surface area (Å²) < 4.78 is 0. The molecule has 1 spiro atoms. The van der Waals surface area contributed by atoms with Crippen molar-refractivity contribution in [3.63, 3.8) is 0 Å². The zero-order chi connectivity index (χ0) is 10.8. The van der Waals surface area contributed by atoms with Crippen LogP contribution in [0.3, 0.4) is 0 Å². The highest BCUT2D eigenvalue weighted by molar-refractivity contribution is 5.99. The van der Waals surface area contributed by atoms with Crippen LogP contribution in [0.4, 0.5) is 0 Å². The summed E-state index contributed by atoms with van der Waals surface area (Å²) in [5, 5.41) is 3.31. The lowest BCUT2D eigenvalue weighted by Crippen LogP contribution is -2.41. The van der Waals surface area contributed by atoms with Crippen molar-refractivity contribution in [2.24, 2.45) is 4.99 Å². The van der Waals surface area contributed by atoms with Crippen LogP contribution in [0, 0.1) is 0 Å². The summed E-state index contributed by atoms with van der Waals surface area (Å²) in [4.78, 5) is 10.3. The van der Waals surface area contributed by atoms with Gasteiger partial charge in [0.25, 0.3) is 0 Å². The van der Waals surface area contributed by atoms with Gasteiger partial charge < -0.3 is 5.32 Å². The molecular weight excluding hydrogens is 238 g/mol. The van der Waals surface area contributed by atoms with E-state index < -0.39 is 0 Å². The van der Waals surface area contributed by atoms with Gasteiger partial charge in [0, 0.05) is 18.4 Å². The molecule has 92 valence electrons. The highest BCUT2D eigenvalue weighted by Crippen LogP contribution is 2.28. The number of halogens is 1. The molecule has 17 heavy (non-hydrogen) atoms. The first-order chi connectivity index (χ1) is 7.88. The SMILES string of the molecule is Cl.c1ccc(C2=NC3(CCNCC3)ON2)cc1. The van der Waals surface area contributed by atoms with Gasteiger partial charge in [-0.1, -0.05) is 30.3 Å². The average molecular weight is 254 g/mol. The summed E-state index contributed by atoms with van der Waals surface area (Å²) in [7, 11) is 0. The predicted octanol–water partition coefficient (Wildman–Crippen LogP) is 1.47. The highest BCUT2D eigenvalue weighted by Gasteiger charge is 2.38. The Kier molecular flexibility index (Phi) is 3.66. The van der Waals surface area contributed by atoms with Crippen molar-refractivity contribution in [3.05, 3.63) is 35.9 Å². The molecule has 1 aromatic rings. The van der Waals surface area contributed by atoms with Crippen molar-refractivity contribution in [2.75, 3.05) is 13.1 Å². The van der Waals surface area contributed by atoms with Gasteiger partial charge in [-0.05, 0) is 13.1 Å². The smallest absolute Gasteiger partial charge is 0.190 e. The van der Waals surface area contributed by atoms with E-state index in [0.29, 0.717) is 0 Å². The fraction of sp³-hybridized carbons (Fsp3) is 0.417. The van der Waals surface area contributed by atoms with Crippen LogP contribution in [-0.2, 0) is 4.84 Å². The van der Waals surface area contributed by atoms with E-state index in [9.17, 15) is 0 Å². The van der Waals surface area contributed by atoms with Crippen LogP contribution in [0.2, 0.25) is 0 Å². The minimum atomic E-state index is -0.337. The van der Waals surface area contributed by atoms with Crippen molar-refractivity contribution in [2.45, 2.75) is 18.6 Å². The Bertz CT molecular complexity index is 401. The second kappa shape index (κ2) is 5.04. The van der Waals surface area contributed by atoms with Crippen molar-refractivity contribution < 1.29 is 4.84 Å². The van der Waals surface area contributed by atoms with Crippen LogP contribution in [0.5, 0.6) is 0 Å². The lowest BCUT2D eigenvalue weighted by atomic mass is 10.0. The van der Waals surface area contributed by atoms with Gasteiger partial charge in [-0.3, -0.25) is 0 Å². The summed E-state index contributed by atoms with van der Waals surface area (Å²) in [5.74, 6) is 0.850. The number of aliphatic imine (C=N–C) groups is 1. The molecule has 2 aliphatic heterocycles. The Labute approximate surface area is 107 Å². The fourth-order valence-electron chi connectivity index (χ4n) is 2.14.